The van der Waals surface area contributed by atoms with Crippen LogP contribution in [0.2, 0.25) is 0 Å². The number of aromatic nitrogens is 1. The smallest absolute Gasteiger partial charge is 0.194 e. The van der Waals surface area contributed by atoms with Gasteiger partial charge < -0.3 is 24.2 Å². The van der Waals surface area contributed by atoms with Crippen molar-refractivity contribution in [1.29, 1.82) is 0 Å². The molecule has 0 aliphatic carbocycles. The van der Waals surface area contributed by atoms with Crippen molar-refractivity contribution in [2.75, 3.05) is 46.4 Å². The maximum Gasteiger partial charge on any atom is 0.194 e. The SMILES string of the molecule is CCNC(=NCC(C)Oc1cccc(OC)c1)N1CCN(Cc2cc(C)on2)CC1. The summed E-state index contributed by atoms with van der Waals surface area (Å²) in [5, 5.41) is 7.51. The molecule has 2 heterocycles. The number of nitrogens with one attached hydrogen (secondary N) is 1. The summed E-state index contributed by atoms with van der Waals surface area (Å²) in [6, 6.07) is 9.66. The Hall–Kier alpha value is -2.74. The second kappa shape index (κ2) is 10.9. The maximum absolute atomic E-state index is 6.00. The first-order valence-corrected chi connectivity index (χ1v) is 10.6. The van der Waals surface area contributed by atoms with Crippen LogP contribution in [0.5, 0.6) is 11.5 Å². The molecular weight excluding hydrogens is 382 g/mol. The topological polar surface area (TPSA) is 75.4 Å². The standard InChI is InChI=1S/C22H33N5O3/c1-5-23-22(24-15-18(3)29-21-8-6-7-20(14-21)28-4)27-11-9-26(10-12-27)16-19-13-17(2)30-25-19/h6-8,13-14,18H,5,9-12,15-16H2,1-4H3,(H,23,24). The van der Waals surface area contributed by atoms with Crippen molar-refractivity contribution in [3.8, 4) is 11.5 Å². The van der Waals surface area contributed by atoms with Gasteiger partial charge >= 0.3 is 0 Å². The van der Waals surface area contributed by atoms with Crippen molar-refractivity contribution in [3.63, 3.8) is 0 Å². The van der Waals surface area contributed by atoms with Gasteiger partial charge in [0.1, 0.15) is 23.4 Å². The highest BCUT2D eigenvalue weighted by Gasteiger charge is 2.20. The minimum Gasteiger partial charge on any atom is -0.497 e. The number of guanidine groups is 1. The molecule has 164 valence electrons. The molecule has 1 aliphatic heterocycles. The van der Waals surface area contributed by atoms with Crippen molar-refractivity contribution in [2.24, 2.45) is 4.99 Å². The molecular formula is C22H33N5O3. The Morgan fingerprint density at radius 3 is 2.67 bits per heavy atom. The van der Waals surface area contributed by atoms with Gasteiger partial charge in [0.25, 0.3) is 0 Å². The van der Waals surface area contributed by atoms with Crippen LogP contribution < -0.4 is 14.8 Å². The van der Waals surface area contributed by atoms with Gasteiger partial charge in [0, 0.05) is 51.4 Å². The van der Waals surface area contributed by atoms with Crippen LogP contribution in [0.3, 0.4) is 0 Å². The number of hydrogen-bond acceptors (Lipinski definition) is 6. The van der Waals surface area contributed by atoms with Gasteiger partial charge in [-0.1, -0.05) is 11.2 Å². The van der Waals surface area contributed by atoms with Crippen molar-refractivity contribution >= 4 is 5.96 Å². The molecule has 2 aromatic rings. The average molecular weight is 416 g/mol. The second-order valence-corrected chi connectivity index (χ2v) is 7.49. The van der Waals surface area contributed by atoms with E-state index in [9.17, 15) is 0 Å². The van der Waals surface area contributed by atoms with E-state index in [1.807, 2.05) is 44.2 Å². The highest BCUT2D eigenvalue weighted by Crippen LogP contribution is 2.20. The number of nitrogens with zero attached hydrogens (tertiary/aromatic N) is 4. The molecule has 0 spiro atoms. The van der Waals surface area contributed by atoms with Crippen LogP contribution in [0.25, 0.3) is 0 Å². The molecule has 0 bridgehead atoms. The number of benzene rings is 1. The summed E-state index contributed by atoms with van der Waals surface area (Å²) < 4.78 is 16.4. The quantitative estimate of drug-likeness (QED) is 0.524. The monoisotopic (exact) mass is 415 g/mol. The molecule has 8 nitrogen and oxygen atoms in total. The largest absolute Gasteiger partial charge is 0.497 e. The highest BCUT2D eigenvalue weighted by atomic mass is 16.5. The summed E-state index contributed by atoms with van der Waals surface area (Å²) in [6.07, 6.45) is -0.0394. The minimum absolute atomic E-state index is 0.0394. The highest BCUT2D eigenvalue weighted by molar-refractivity contribution is 5.80. The number of piperazine rings is 1. The van der Waals surface area contributed by atoms with Crippen molar-refractivity contribution in [3.05, 3.63) is 41.8 Å². The zero-order valence-electron chi connectivity index (χ0n) is 18.4. The molecule has 8 heteroatoms. The van der Waals surface area contributed by atoms with Crippen molar-refractivity contribution in [1.82, 2.24) is 20.3 Å². The van der Waals surface area contributed by atoms with Crippen LogP contribution in [0.4, 0.5) is 0 Å². The van der Waals surface area contributed by atoms with Crippen LogP contribution >= 0.6 is 0 Å². The Kier molecular flexibility index (Phi) is 7.96. The summed E-state index contributed by atoms with van der Waals surface area (Å²) in [5.41, 5.74) is 0.991. The normalized spacial score (nSPS) is 16.4. The first kappa shape index (κ1) is 22.0. The molecule has 30 heavy (non-hydrogen) atoms. The van der Waals surface area contributed by atoms with Crippen LogP contribution in [-0.4, -0.2) is 73.4 Å². The molecule has 0 saturated carbocycles. The molecule has 0 radical (unpaired) electrons. The summed E-state index contributed by atoms with van der Waals surface area (Å²) in [6.45, 7) is 12.1. The fraction of sp³-hybridized carbons (Fsp3) is 0.545. The fourth-order valence-electron chi connectivity index (χ4n) is 3.42. The van der Waals surface area contributed by atoms with E-state index in [2.05, 4.69) is 27.2 Å². The first-order valence-electron chi connectivity index (χ1n) is 10.6. The molecule has 1 atom stereocenters. The molecule has 1 N–H and O–H groups in total. The molecule has 1 aliphatic rings. The molecule has 0 amide bonds. The Balaban J connectivity index is 1.51. The van der Waals surface area contributed by atoms with Crippen LogP contribution in [0, 0.1) is 6.92 Å². The van der Waals surface area contributed by atoms with E-state index in [0.29, 0.717) is 6.54 Å². The van der Waals surface area contributed by atoms with E-state index in [-0.39, 0.29) is 6.10 Å². The van der Waals surface area contributed by atoms with Crippen molar-refractivity contribution < 1.29 is 14.0 Å². The second-order valence-electron chi connectivity index (χ2n) is 7.49. The lowest BCUT2D eigenvalue weighted by Gasteiger charge is -2.36. The van der Waals surface area contributed by atoms with E-state index >= 15 is 0 Å². The predicted octanol–water partition coefficient (Wildman–Crippen LogP) is 2.54. The van der Waals surface area contributed by atoms with E-state index in [1.165, 1.54) is 0 Å². The molecule has 1 aromatic carbocycles. The molecule has 1 unspecified atom stereocenters. The third-order valence-corrected chi connectivity index (χ3v) is 4.95. The van der Waals surface area contributed by atoms with Gasteiger partial charge in [0.2, 0.25) is 0 Å². The molecule has 1 saturated heterocycles. The lowest BCUT2D eigenvalue weighted by molar-refractivity contribution is 0.168. The average Bonchev–Trinajstić information content (AvgIpc) is 3.16. The van der Waals surface area contributed by atoms with Gasteiger partial charge in [0.15, 0.2) is 5.96 Å². The van der Waals surface area contributed by atoms with Gasteiger partial charge in [-0.15, -0.1) is 0 Å². The number of hydrogen-bond donors (Lipinski definition) is 1. The Morgan fingerprint density at radius 1 is 1.23 bits per heavy atom. The van der Waals surface area contributed by atoms with E-state index < -0.39 is 0 Å². The van der Waals surface area contributed by atoms with E-state index in [0.717, 1.165) is 68.2 Å². The number of aliphatic imine (C=N–C) groups is 1. The van der Waals surface area contributed by atoms with Gasteiger partial charge in [-0.3, -0.25) is 4.90 Å². The third-order valence-electron chi connectivity index (χ3n) is 4.95. The predicted molar refractivity (Wildman–Crippen MR) is 117 cm³/mol. The molecule has 1 aromatic heterocycles. The zero-order valence-corrected chi connectivity index (χ0v) is 18.4. The number of methoxy groups -OCH3 is 1. The lowest BCUT2D eigenvalue weighted by Crippen LogP contribution is -2.52. The lowest BCUT2D eigenvalue weighted by atomic mass is 10.3. The number of rotatable bonds is 8. The Labute approximate surface area is 178 Å². The van der Waals surface area contributed by atoms with Gasteiger partial charge in [-0.05, 0) is 32.9 Å². The summed E-state index contributed by atoms with van der Waals surface area (Å²) in [7, 11) is 1.65. The summed E-state index contributed by atoms with van der Waals surface area (Å²) in [5.74, 6) is 3.37. The Bertz CT molecular complexity index is 815. The maximum atomic E-state index is 6.00. The number of aryl methyl sites for hydroxylation is 1. The van der Waals surface area contributed by atoms with Gasteiger partial charge in [-0.25, -0.2) is 4.99 Å². The minimum atomic E-state index is -0.0394. The zero-order chi connectivity index (χ0) is 21.3. The third kappa shape index (κ3) is 6.38. The van der Waals surface area contributed by atoms with Crippen LogP contribution in [-0.2, 0) is 6.54 Å². The van der Waals surface area contributed by atoms with Crippen molar-refractivity contribution in [2.45, 2.75) is 33.4 Å². The van der Waals surface area contributed by atoms with Gasteiger partial charge in [-0.2, -0.15) is 0 Å². The summed E-state index contributed by atoms with van der Waals surface area (Å²) in [4.78, 5) is 9.52. The van der Waals surface area contributed by atoms with E-state index in [4.69, 9.17) is 19.0 Å². The van der Waals surface area contributed by atoms with Crippen LogP contribution in [0.15, 0.2) is 39.8 Å². The summed E-state index contributed by atoms with van der Waals surface area (Å²) >= 11 is 0. The van der Waals surface area contributed by atoms with E-state index in [1.54, 1.807) is 7.11 Å². The molecule has 1 fully saturated rings. The van der Waals surface area contributed by atoms with Gasteiger partial charge in [0.05, 0.1) is 19.3 Å². The van der Waals surface area contributed by atoms with Crippen LogP contribution in [0.1, 0.15) is 25.3 Å². The fourth-order valence-corrected chi connectivity index (χ4v) is 3.42. The number of ether oxygens (including phenoxy) is 2. The first-order chi connectivity index (χ1) is 14.6. The Morgan fingerprint density at radius 2 is 2.00 bits per heavy atom. The molecule has 3 rings (SSSR count).